The molecule has 2 amide bonds. The first-order chi connectivity index (χ1) is 17.0. The summed E-state index contributed by atoms with van der Waals surface area (Å²) in [6.45, 7) is 11.5. The van der Waals surface area contributed by atoms with Gasteiger partial charge in [0.15, 0.2) is 0 Å². The van der Waals surface area contributed by atoms with Crippen molar-refractivity contribution in [1.29, 1.82) is 0 Å². The average molecular weight is 489 g/mol. The Kier molecular flexibility index (Phi) is 9.16. The molecule has 0 saturated heterocycles. The largest absolute Gasteiger partial charge is 0.366 e. The zero-order valence-corrected chi connectivity index (χ0v) is 22.9. The van der Waals surface area contributed by atoms with Gasteiger partial charge in [-0.05, 0) is 77.5 Å². The number of allylic oxidation sites excluding steroid dienone is 1. The van der Waals surface area contributed by atoms with Gasteiger partial charge in [-0.25, -0.2) is 0 Å². The highest BCUT2D eigenvalue weighted by atomic mass is 16.2. The fraction of sp³-hybridized carbons (Fsp3) is 0.500. The molecule has 0 unspecified atom stereocenters. The molecule has 2 aromatic rings. The average Bonchev–Trinajstić information content (AvgIpc) is 2.84. The number of hydrogen-bond acceptors (Lipinski definition) is 2. The molecule has 1 aliphatic rings. The molecule has 0 heterocycles. The van der Waals surface area contributed by atoms with Crippen LogP contribution in [0.25, 0.3) is 5.57 Å². The predicted octanol–water partition coefficient (Wildman–Crippen LogP) is 7.91. The van der Waals surface area contributed by atoms with E-state index < -0.39 is 5.91 Å². The van der Waals surface area contributed by atoms with Crippen LogP contribution in [0.5, 0.6) is 0 Å². The topological polar surface area (TPSA) is 72.2 Å². The molecular weight excluding hydrogens is 444 g/mol. The number of rotatable bonds is 11. The second-order valence-corrected chi connectivity index (χ2v) is 11.6. The van der Waals surface area contributed by atoms with Crippen LogP contribution in [-0.2, 0) is 15.6 Å². The second kappa shape index (κ2) is 11.9. The maximum atomic E-state index is 13.5. The summed E-state index contributed by atoms with van der Waals surface area (Å²) < 4.78 is 0. The lowest BCUT2D eigenvalue weighted by Crippen LogP contribution is -2.34. The maximum Gasteiger partial charge on any atom is 0.255 e. The first kappa shape index (κ1) is 27.7. The quantitative estimate of drug-likeness (QED) is 0.249. The minimum atomic E-state index is -0.480. The molecule has 0 radical (unpaired) electrons. The van der Waals surface area contributed by atoms with Crippen molar-refractivity contribution in [3.05, 3.63) is 70.8 Å². The molecule has 0 saturated carbocycles. The zero-order valence-electron chi connectivity index (χ0n) is 22.9. The molecule has 194 valence electrons. The fourth-order valence-corrected chi connectivity index (χ4v) is 5.19. The van der Waals surface area contributed by atoms with Crippen molar-refractivity contribution in [3.8, 4) is 0 Å². The lowest BCUT2D eigenvalue weighted by molar-refractivity contribution is -0.111. The van der Waals surface area contributed by atoms with E-state index in [0.29, 0.717) is 16.8 Å². The van der Waals surface area contributed by atoms with E-state index in [1.165, 1.54) is 43.2 Å². The van der Waals surface area contributed by atoms with Crippen LogP contribution in [0.1, 0.15) is 119 Å². The third kappa shape index (κ3) is 6.87. The molecule has 0 bridgehead atoms. The van der Waals surface area contributed by atoms with E-state index >= 15 is 0 Å². The van der Waals surface area contributed by atoms with Crippen molar-refractivity contribution in [2.45, 2.75) is 103 Å². The van der Waals surface area contributed by atoms with Crippen LogP contribution in [0, 0.1) is 0 Å². The van der Waals surface area contributed by atoms with Crippen molar-refractivity contribution < 1.29 is 9.59 Å². The van der Waals surface area contributed by atoms with Gasteiger partial charge in [-0.15, -0.1) is 0 Å². The van der Waals surface area contributed by atoms with Gasteiger partial charge in [-0.2, -0.15) is 0 Å². The molecule has 0 spiro atoms. The summed E-state index contributed by atoms with van der Waals surface area (Å²) in [5, 5.41) is 3.03. The normalized spacial score (nSPS) is 16.3. The van der Waals surface area contributed by atoms with Crippen molar-refractivity contribution in [1.82, 2.24) is 0 Å². The number of carbonyl (C=O) groups excluding carboxylic acids is 2. The van der Waals surface area contributed by atoms with E-state index in [9.17, 15) is 9.59 Å². The van der Waals surface area contributed by atoms with E-state index in [1.54, 1.807) is 24.3 Å². The summed E-state index contributed by atoms with van der Waals surface area (Å²) in [7, 11) is 0. The number of amides is 2. The third-order valence-electron chi connectivity index (χ3n) is 7.74. The molecule has 4 nitrogen and oxygen atoms in total. The molecule has 36 heavy (non-hydrogen) atoms. The van der Waals surface area contributed by atoms with Crippen LogP contribution < -0.4 is 11.1 Å². The maximum absolute atomic E-state index is 13.5. The molecule has 3 N–H and O–H groups in total. The Morgan fingerprint density at radius 3 is 2.06 bits per heavy atom. The Bertz CT molecular complexity index is 1090. The number of primary amides is 1. The molecular formula is C32H44N2O2. The van der Waals surface area contributed by atoms with E-state index in [1.807, 2.05) is 0 Å². The molecule has 1 aliphatic carbocycles. The van der Waals surface area contributed by atoms with Crippen LogP contribution in [-0.4, -0.2) is 11.8 Å². The Hall–Kier alpha value is -2.88. The number of carbonyl (C=O) groups is 2. The van der Waals surface area contributed by atoms with Crippen LogP contribution >= 0.6 is 0 Å². The number of nitrogens with one attached hydrogen (secondary N) is 1. The number of nitrogens with two attached hydrogens (primary N) is 1. The van der Waals surface area contributed by atoms with E-state index in [-0.39, 0.29) is 16.7 Å². The highest BCUT2D eigenvalue weighted by Crippen LogP contribution is 2.46. The lowest BCUT2D eigenvalue weighted by Gasteiger charge is -2.42. The van der Waals surface area contributed by atoms with Crippen molar-refractivity contribution in [2.75, 3.05) is 5.32 Å². The van der Waals surface area contributed by atoms with E-state index in [0.717, 1.165) is 31.2 Å². The summed E-state index contributed by atoms with van der Waals surface area (Å²) in [6, 6.07) is 13.3. The van der Waals surface area contributed by atoms with Crippen molar-refractivity contribution in [2.24, 2.45) is 5.73 Å². The Morgan fingerprint density at radius 2 is 1.42 bits per heavy atom. The van der Waals surface area contributed by atoms with Gasteiger partial charge in [0.2, 0.25) is 5.91 Å². The zero-order chi connectivity index (χ0) is 26.3. The third-order valence-corrected chi connectivity index (χ3v) is 7.74. The van der Waals surface area contributed by atoms with Gasteiger partial charge in [-0.1, -0.05) is 91.0 Å². The highest BCUT2D eigenvalue weighted by Gasteiger charge is 2.37. The van der Waals surface area contributed by atoms with Crippen LogP contribution in [0.15, 0.2) is 48.5 Å². The molecule has 0 atom stereocenters. The van der Waals surface area contributed by atoms with Crippen LogP contribution in [0.4, 0.5) is 5.69 Å². The number of unbranched alkanes of at least 4 members (excludes halogenated alkanes) is 6. The minimum Gasteiger partial charge on any atom is -0.366 e. The number of hydrogen-bond donors (Lipinski definition) is 2. The summed E-state index contributed by atoms with van der Waals surface area (Å²) in [6.07, 6.45) is 12.6. The van der Waals surface area contributed by atoms with E-state index in [2.05, 4.69) is 64.2 Å². The highest BCUT2D eigenvalue weighted by molar-refractivity contribution is 6.25. The lowest BCUT2D eigenvalue weighted by atomic mass is 9.63. The van der Waals surface area contributed by atoms with Crippen molar-refractivity contribution >= 4 is 23.1 Å². The van der Waals surface area contributed by atoms with Gasteiger partial charge in [0.1, 0.15) is 0 Å². The second-order valence-electron chi connectivity index (χ2n) is 11.6. The van der Waals surface area contributed by atoms with E-state index in [4.69, 9.17) is 5.73 Å². The fourth-order valence-electron chi connectivity index (χ4n) is 5.19. The standard InChI is InChI=1S/C32H44N2O2/c1-6-7-8-9-10-11-12-13-26(30(36)34-25-17-14-23(15-18-25)29(33)35)24-16-19-27-28(22-24)32(4,5)21-20-31(27,2)3/h13-19,22H,6-12,20-21H2,1-5H3,(H2,33,35)(H,34,36)/b26-13+. The number of anilines is 1. The van der Waals surface area contributed by atoms with Gasteiger partial charge >= 0.3 is 0 Å². The monoisotopic (exact) mass is 488 g/mol. The summed E-state index contributed by atoms with van der Waals surface area (Å²) in [5.74, 6) is -0.604. The van der Waals surface area contributed by atoms with Crippen molar-refractivity contribution in [3.63, 3.8) is 0 Å². The van der Waals surface area contributed by atoms with Gasteiger partial charge in [0, 0.05) is 16.8 Å². The van der Waals surface area contributed by atoms with Gasteiger partial charge < -0.3 is 11.1 Å². The van der Waals surface area contributed by atoms with Crippen LogP contribution in [0.2, 0.25) is 0 Å². The smallest absolute Gasteiger partial charge is 0.255 e. The van der Waals surface area contributed by atoms with Gasteiger partial charge in [0.25, 0.3) is 5.91 Å². The number of benzene rings is 2. The number of fused-ring (bicyclic) bond motifs is 1. The minimum absolute atomic E-state index is 0.0757. The molecule has 3 rings (SSSR count). The molecule has 0 aliphatic heterocycles. The molecule has 0 aromatic heterocycles. The predicted molar refractivity (Wildman–Crippen MR) is 151 cm³/mol. The summed E-state index contributed by atoms with van der Waals surface area (Å²) in [5.41, 5.74) is 11.1. The van der Waals surface area contributed by atoms with Gasteiger partial charge in [-0.3, -0.25) is 9.59 Å². The Balaban J connectivity index is 1.88. The molecule has 4 heteroatoms. The first-order valence-corrected chi connectivity index (χ1v) is 13.6. The Morgan fingerprint density at radius 1 is 0.833 bits per heavy atom. The van der Waals surface area contributed by atoms with Gasteiger partial charge in [0.05, 0.1) is 0 Å². The summed E-state index contributed by atoms with van der Waals surface area (Å²) in [4.78, 5) is 24.9. The first-order valence-electron chi connectivity index (χ1n) is 13.6. The SMILES string of the molecule is CCCCCCCC/C=C(/C(=O)Nc1ccc(C(N)=O)cc1)c1ccc2c(c1)C(C)(C)CCC2(C)C. The van der Waals surface area contributed by atoms with Crippen LogP contribution in [0.3, 0.4) is 0 Å². The molecule has 0 fully saturated rings. The Labute approximate surface area is 217 Å². The summed E-state index contributed by atoms with van der Waals surface area (Å²) >= 11 is 0. The molecule has 2 aromatic carbocycles.